The number of carbonyl (C=O) groups excluding carboxylic acids is 3. The molecule has 1 saturated heterocycles. The number of amides is 2. The second-order valence-electron chi connectivity index (χ2n) is 5.74. The maximum atomic E-state index is 12.5. The van der Waals surface area contributed by atoms with Gasteiger partial charge in [-0.2, -0.15) is 4.37 Å². The molecule has 2 aliphatic rings. The minimum absolute atomic E-state index is 0.138. The van der Waals surface area contributed by atoms with E-state index >= 15 is 0 Å². The fourth-order valence-electron chi connectivity index (χ4n) is 2.61. The van der Waals surface area contributed by atoms with E-state index in [0.717, 1.165) is 16.4 Å². The van der Waals surface area contributed by atoms with Gasteiger partial charge in [-0.1, -0.05) is 0 Å². The van der Waals surface area contributed by atoms with E-state index in [4.69, 9.17) is 20.3 Å². The highest BCUT2D eigenvalue weighted by molar-refractivity contribution is 8.00. The lowest BCUT2D eigenvalue weighted by Gasteiger charge is -2.49. The number of carbonyl (C=O) groups is 4. The summed E-state index contributed by atoms with van der Waals surface area (Å²) in [6, 6.07) is -0.851. The Labute approximate surface area is 166 Å². The van der Waals surface area contributed by atoms with Gasteiger partial charge in [-0.3, -0.25) is 19.3 Å². The number of hydrogen-bond donors (Lipinski definition) is 3. The quantitative estimate of drug-likeness (QED) is 0.394. The summed E-state index contributed by atoms with van der Waals surface area (Å²) in [5.41, 5.74) is 5.81. The van der Waals surface area contributed by atoms with E-state index in [1.807, 2.05) is 0 Å². The molecule has 2 atom stereocenters. The van der Waals surface area contributed by atoms with E-state index in [9.17, 15) is 19.2 Å². The van der Waals surface area contributed by atoms with E-state index in [0.29, 0.717) is 5.57 Å². The van der Waals surface area contributed by atoms with Gasteiger partial charge in [0.1, 0.15) is 18.0 Å². The molecule has 3 rings (SSSR count). The van der Waals surface area contributed by atoms with E-state index < -0.39 is 35.4 Å². The smallest absolute Gasteiger partial charge is 0.461 e. The van der Waals surface area contributed by atoms with Crippen LogP contribution in [0.1, 0.15) is 12.7 Å². The van der Waals surface area contributed by atoms with Crippen LogP contribution < -0.4 is 11.1 Å². The summed E-state index contributed by atoms with van der Waals surface area (Å²) in [5, 5.41) is 11.2. The van der Waals surface area contributed by atoms with Crippen LogP contribution in [0.15, 0.2) is 11.5 Å². The molecule has 4 N–H and O–H groups in total. The number of ether oxygens (including phenoxy) is 2. The highest BCUT2D eigenvalue weighted by Gasteiger charge is 2.54. The predicted molar refractivity (Wildman–Crippen MR) is 95.8 cm³/mol. The molecule has 2 amide bonds. The average Bonchev–Trinajstić information content (AvgIpc) is 3.02. The monoisotopic (exact) mass is 429 g/mol. The molecule has 0 radical (unpaired) electrons. The molecule has 14 heteroatoms. The Morgan fingerprint density at radius 2 is 2.18 bits per heavy atom. The van der Waals surface area contributed by atoms with Crippen LogP contribution in [0.5, 0.6) is 0 Å². The zero-order chi connectivity index (χ0) is 20.4. The summed E-state index contributed by atoms with van der Waals surface area (Å²) in [5.74, 6) is -1.23. The number of nitrogens with two attached hydrogens (primary N) is 1. The van der Waals surface area contributed by atoms with Crippen LogP contribution in [0.3, 0.4) is 0 Å². The Morgan fingerprint density at radius 3 is 2.79 bits per heavy atom. The van der Waals surface area contributed by atoms with Gasteiger partial charge in [-0.25, -0.2) is 9.78 Å². The third-order valence-electron chi connectivity index (χ3n) is 3.75. The summed E-state index contributed by atoms with van der Waals surface area (Å²) in [4.78, 5) is 51.7. The summed E-state index contributed by atoms with van der Waals surface area (Å²) in [6.07, 6.45) is -1.74. The second kappa shape index (κ2) is 8.02. The lowest BCUT2D eigenvalue weighted by atomic mass is 10.1. The lowest BCUT2D eigenvalue weighted by molar-refractivity contribution is -0.149. The van der Waals surface area contributed by atoms with Gasteiger partial charge in [0.25, 0.3) is 5.91 Å². The first-order valence-electron chi connectivity index (χ1n) is 7.84. The van der Waals surface area contributed by atoms with Crippen LogP contribution in [-0.4, -0.2) is 67.1 Å². The number of anilines is 1. The topological polar surface area (TPSA) is 174 Å². The minimum Gasteiger partial charge on any atom is -0.461 e. The molecule has 0 saturated carbocycles. The molecule has 150 valence electrons. The molecule has 1 aromatic rings. The predicted octanol–water partition coefficient (Wildman–Crippen LogP) is -0.468. The van der Waals surface area contributed by atoms with Crippen LogP contribution in [0, 0.1) is 0 Å². The normalized spacial score (nSPS) is 20.9. The van der Waals surface area contributed by atoms with E-state index in [1.165, 1.54) is 18.7 Å². The van der Waals surface area contributed by atoms with Gasteiger partial charge in [-0.15, -0.1) is 11.8 Å². The van der Waals surface area contributed by atoms with Crippen LogP contribution in [0.2, 0.25) is 0 Å². The summed E-state index contributed by atoms with van der Waals surface area (Å²) in [6.45, 7) is 1.01. The number of esters is 1. The van der Waals surface area contributed by atoms with Crippen molar-refractivity contribution >= 4 is 52.4 Å². The number of nitrogens with one attached hydrogen (secondary N) is 1. The highest BCUT2D eigenvalue weighted by atomic mass is 32.2. The van der Waals surface area contributed by atoms with E-state index in [2.05, 4.69) is 14.7 Å². The Bertz CT molecular complexity index is 870. The van der Waals surface area contributed by atoms with Gasteiger partial charge < -0.3 is 25.6 Å². The molecule has 2 aliphatic heterocycles. The van der Waals surface area contributed by atoms with Crippen molar-refractivity contribution in [3.63, 3.8) is 0 Å². The number of aromatic nitrogens is 2. The van der Waals surface area contributed by atoms with Crippen LogP contribution in [0.4, 0.5) is 9.93 Å². The maximum Gasteiger partial charge on any atom is 0.512 e. The van der Waals surface area contributed by atoms with E-state index in [1.54, 1.807) is 0 Å². The van der Waals surface area contributed by atoms with Crippen LogP contribution in [-0.2, 0) is 30.3 Å². The van der Waals surface area contributed by atoms with Gasteiger partial charge >= 0.3 is 12.1 Å². The number of nitrogen functional groups attached to an aromatic ring is 1. The standard InChI is InChI=1S/C14H15N5O7S2/c1-5(20)25-3-6-4-27-12-9(10(22)19(12)11(6)26-14(23)24)17-8(21)2-7-16-13(15)28-18-7/h9,12H,2-4H2,1H3,(H,17,21)(H,23,24)(H2,15,16,18)/t9-,12+/m1/s1. The summed E-state index contributed by atoms with van der Waals surface area (Å²) >= 11 is 2.25. The first-order valence-corrected chi connectivity index (χ1v) is 9.66. The average molecular weight is 429 g/mol. The highest BCUT2D eigenvalue weighted by Crippen LogP contribution is 2.40. The van der Waals surface area contributed by atoms with E-state index in [-0.39, 0.29) is 35.6 Å². The molecule has 1 fully saturated rings. The number of rotatable bonds is 6. The first kappa shape index (κ1) is 19.9. The molecule has 0 spiro atoms. The Balaban J connectivity index is 1.69. The molecule has 12 nitrogen and oxygen atoms in total. The number of carboxylic acid groups (broad SMARTS) is 1. The van der Waals surface area contributed by atoms with Crippen LogP contribution >= 0.6 is 23.3 Å². The van der Waals surface area contributed by atoms with Gasteiger partial charge in [0.05, 0.1) is 6.42 Å². The van der Waals surface area contributed by atoms with Gasteiger partial charge in [0.2, 0.25) is 11.8 Å². The number of β-lactam (4-membered cyclic amide) rings is 1. The molecule has 0 aromatic carbocycles. The second-order valence-corrected chi connectivity index (χ2v) is 7.63. The molecule has 1 aromatic heterocycles. The molecule has 0 aliphatic carbocycles. The molecule has 3 heterocycles. The van der Waals surface area contributed by atoms with Gasteiger partial charge in [-0.05, 0) is 0 Å². The number of thioether (sulfide) groups is 1. The lowest BCUT2D eigenvalue weighted by Crippen LogP contribution is -2.70. The van der Waals surface area contributed by atoms with Crippen molar-refractivity contribution in [2.75, 3.05) is 18.1 Å². The molecular formula is C14H15N5O7S2. The third kappa shape index (κ3) is 4.17. The molecule has 0 bridgehead atoms. The van der Waals surface area contributed by atoms with Gasteiger partial charge in [0.15, 0.2) is 11.0 Å². The Hall–Kier alpha value is -2.87. The number of hydrogen-bond acceptors (Lipinski definition) is 11. The molecular weight excluding hydrogens is 414 g/mol. The SMILES string of the molecule is CC(=O)OCC1=C(OC(=O)O)N2C(=O)[C@@H](NC(=O)Cc3nsc(N)n3)[C@@H]2SC1. The van der Waals surface area contributed by atoms with Crippen molar-refractivity contribution in [2.24, 2.45) is 0 Å². The number of nitrogens with zero attached hydrogens (tertiary/aromatic N) is 3. The van der Waals surface area contributed by atoms with Crippen molar-refractivity contribution in [1.29, 1.82) is 0 Å². The fraction of sp³-hybridized carbons (Fsp3) is 0.429. The van der Waals surface area contributed by atoms with Crippen molar-refractivity contribution in [2.45, 2.75) is 24.8 Å². The summed E-state index contributed by atoms with van der Waals surface area (Å²) in [7, 11) is 0. The van der Waals surface area contributed by atoms with Crippen molar-refractivity contribution in [3.8, 4) is 0 Å². The zero-order valence-electron chi connectivity index (χ0n) is 14.4. The molecule has 0 unspecified atom stereocenters. The zero-order valence-corrected chi connectivity index (χ0v) is 16.0. The largest absolute Gasteiger partial charge is 0.512 e. The first-order chi connectivity index (χ1) is 13.3. The molecule has 28 heavy (non-hydrogen) atoms. The fourth-order valence-corrected chi connectivity index (χ4v) is 4.36. The Kier molecular flexibility index (Phi) is 5.69. The van der Waals surface area contributed by atoms with Crippen molar-refractivity contribution in [3.05, 3.63) is 17.3 Å². The van der Waals surface area contributed by atoms with Crippen molar-refractivity contribution < 1.29 is 33.8 Å². The Morgan fingerprint density at radius 1 is 1.43 bits per heavy atom. The minimum atomic E-state index is -1.60. The third-order valence-corrected chi connectivity index (χ3v) is 5.67. The summed E-state index contributed by atoms with van der Waals surface area (Å²) < 4.78 is 13.5. The van der Waals surface area contributed by atoms with Crippen molar-refractivity contribution in [1.82, 2.24) is 19.6 Å². The maximum absolute atomic E-state index is 12.5. The number of fused-ring (bicyclic) bond motifs is 1. The van der Waals surface area contributed by atoms with Crippen LogP contribution in [0.25, 0.3) is 0 Å². The van der Waals surface area contributed by atoms with Gasteiger partial charge in [0, 0.05) is 29.8 Å².